The molecule has 3 aliphatic heterocycles. The summed E-state index contributed by atoms with van der Waals surface area (Å²) in [6.45, 7) is 13.9. The van der Waals surface area contributed by atoms with Crippen molar-refractivity contribution >= 4 is 32.3 Å². The van der Waals surface area contributed by atoms with Crippen molar-refractivity contribution in [1.82, 2.24) is 0 Å². The highest BCUT2D eigenvalue weighted by atomic mass is 16.5. The first-order valence-electron chi connectivity index (χ1n) is 15.8. The Labute approximate surface area is 259 Å². The molecule has 0 unspecified atom stereocenters. The van der Waals surface area contributed by atoms with E-state index in [0.29, 0.717) is 33.0 Å². The van der Waals surface area contributed by atoms with Crippen molar-refractivity contribution in [2.75, 3.05) is 46.2 Å². The molecule has 3 aliphatic rings. The largest absolute Gasteiger partial charge is 0.492 e. The average Bonchev–Trinajstić information content (AvgIpc) is 2.99. The van der Waals surface area contributed by atoms with E-state index in [4.69, 9.17) is 23.7 Å². The molecule has 226 valence electrons. The number of rotatable bonds is 8. The average molecular weight is 589 g/mol. The Morgan fingerprint density at radius 1 is 0.614 bits per heavy atom. The fraction of sp³-hybridized carbons (Fsp3) is 0.385. The molecule has 5 aromatic carbocycles. The lowest BCUT2D eigenvalue weighted by molar-refractivity contribution is -0.236. The summed E-state index contributed by atoms with van der Waals surface area (Å²) < 4.78 is 31.3. The van der Waals surface area contributed by atoms with Crippen LogP contribution in [0.5, 0.6) is 11.5 Å². The number of aryl methyl sites for hydroxylation is 1. The molecule has 3 fully saturated rings. The van der Waals surface area contributed by atoms with E-state index in [0.717, 1.165) is 57.2 Å². The Hall–Kier alpha value is -3.64. The van der Waals surface area contributed by atoms with Crippen molar-refractivity contribution < 1.29 is 23.7 Å². The van der Waals surface area contributed by atoms with E-state index in [1.807, 2.05) is 0 Å². The molecule has 3 heterocycles. The zero-order valence-electron chi connectivity index (χ0n) is 26.1. The first kappa shape index (κ1) is 27.9. The van der Waals surface area contributed by atoms with Crippen LogP contribution in [-0.4, -0.2) is 52.4 Å². The van der Waals surface area contributed by atoms with Crippen LogP contribution in [0.3, 0.4) is 0 Å². The van der Waals surface area contributed by atoms with Gasteiger partial charge in [-0.2, -0.15) is 0 Å². The van der Waals surface area contributed by atoms with Gasteiger partial charge in [-0.15, -0.1) is 0 Å². The normalized spacial score (nSPS) is 19.8. The highest BCUT2D eigenvalue weighted by Gasteiger charge is 2.55. The van der Waals surface area contributed by atoms with Gasteiger partial charge in [0.2, 0.25) is 0 Å². The minimum absolute atomic E-state index is 0.0362. The summed E-state index contributed by atoms with van der Waals surface area (Å²) in [7, 11) is 0. The summed E-state index contributed by atoms with van der Waals surface area (Å²) >= 11 is 0. The zero-order chi connectivity index (χ0) is 30.1. The molecule has 3 saturated heterocycles. The second-order valence-electron chi connectivity index (χ2n) is 14.3. The van der Waals surface area contributed by atoms with Gasteiger partial charge >= 0.3 is 0 Å². The van der Waals surface area contributed by atoms with Crippen LogP contribution < -0.4 is 9.47 Å². The van der Waals surface area contributed by atoms with Crippen molar-refractivity contribution in [3.63, 3.8) is 0 Å². The Kier molecular flexibility index (Phi) is 6.46. The molecule has 8 rings (SSSR count). The van der Waals surface area contributed by atoms with Gasteiger partial charge in [0.15, 0.2) is 0 Å². The minimum Gasteiger partial charge on any atom is -0.492 e. The lowest BCUT2D eigenvalue weighted by atomic mass is 9.67. The number of hydrogen-bond acceptors (Lipinski definition) is 5. The van der Waals surface area contributed by atoms with Gasteiger partial charge in [-0.1, -0.05) is 99.6 Å². The molecule has 0 aromatic heterocycles. The molecule has 0 amide bonds. The molecule has 0 spiro atoms. The van der Waals surface area contributed by atoms with Crippen LogP contribution in [0.4, 0.5) is 0 Å². The zero-order valence-corrected chi connectivity index (χ0v) is 26.1. The molecule has 0 radical (unpaired) electrons. The summed E-state index contributed by atoms with van der Waals surface area (Å²) in [5.41, 5.74) is 3.36. The SMILES string of the molecule is Cc1cc2ccccc2c(OC(C2(C)COC2)C2(C)COC2)c1-c1c2ccccc2c(OCC2(C)COC2)c2ccccc12. The molecule has 44 heavy (non-hydrogen) atoms. The molecule has 0 N–H and O–H groups in total. The molecule has 5 nitrogen and oxygen atoms in total. The maximum Gasteiger partial charge on any atom is 0.135 e. The number of benzene rings is 5. The van der Waals surface area contributed by atoms with Crippen LogP contribution >= 0.6 is 0 Å². The van der Waals surface area contributed by atoms with E-state index in [2.05, 4.69) is 107 Å². The smallest absolute Gasteiger partial charge is 0.135 e. The Bertz CT molecular complexity index is 1820. The summed E-state index contributed by atoms with van der Waals surface area (Å²) in [4.78, 5) is 0. The summed E-state index contributed by atoms with van der Waals surface area (Å²) in [6.07, 6.45) is -0.0629. The van der Waals surface area contributed by atoms with Crippen LogP contribution in [0.25, 0.3) is 43.4 Å². The van der Waals surface area contributed by atoms with Gasteiger partial charge in [0.1, 0.15) is 17.6 Å². The third-order valence-corrected chi connectivity index (χ3v) is 10.0. The predicted octanol–water partition coefficient (Wildman–Crippen LogP) is 8.36. The quantitative estimate of drug-likeness (QED) is 0.171. The van der Waals surface area contributed by atoms with Crippen molar-refractivity contribution in [2.24, 2.45) is 16.2 Å². The molecule has 0 aliphatic carbocycles. The van der Waals surface area contributed by atoms with Crippen LogP contribution in [0.1, 0.15) is 26.3 Å². The molecule has 0 saturated carbocycles. The molecular weight excluding hydrogens is 548 g/mol. The summed E-state index contributed by atoms with van der Waals surface area (Å²) in [5, 5.41) is 6.84. The van der Waals surface area contributed by atoms with Crippen molar-refractivity contribution in [1.29, 1.82) is 0 Å². The third kappa shape index (κ3) is 4.32. The maximum atomic E-state index is 7.45. The fourth-order valence-electron chi connectivity index (χ4n) is 7.57. The Morgan fingerprint density at radius 2 is 1.11 bits per heavy atom. The van der Waals surface area contributed by atoms with Gasteiger partial charge in [0.05, 0.1) is 57.1 Å². The molecule has 5 aromatic rings. The third-order valence-electron chi connectivity index (χ3n) is 10.0. The highest BCUT2D eigenvalue weighted by Crippen LogP contribution is 2.52. The van der Waals surface area contributed by atoms with Gasteiger partial charge in [0.25, 0.3) is 0 Å². The second-order valence-corrected chi connectivity index (χ2v) is 14.3. The molecule has 5 heteroatoms. The minimum atomic E-state index is -0.0934. The van der Waals surface area contributed by atoms with Gasteiger partial charge in [-0.05, 0) is 28.6 Å². The second kappa shape index (κ2) is 10.2. The van der Waals surface area contributed by atoms with Crippen molar-refractivity contribution in [3.05, 3.63) is 84.4 Å². The van der Waals surface area contributed by atoms with E-state index in [1.54, 1.807) is 0 Å². The van der Waals surface area contributed by atoms with E-state index >= 15 is 0 Å². The van der Waals surface area contributed by atoms with Crippen LogP contribution in [-0.2, 0) is 14.2 Å². The first-order chi connectivity index (χ1) is 21.3. The van der Waals surface area contributed by atoms with Gasteiger partial charge in [0, 0.05) is 32.7 Å². The molecular formula is C39H40O5. The van der Waals surface area contributed by atoms with E-state index < -0.39 is 0 Å². The topological polar surface area (TPSA) is 46.2 Å². The maximum absolute atomic E-state index is 7.45. The summed E-state index contributed by atoms with van der Waals surface area (Å²) in [6, 6.07) is 28.2. The van der Waals surface area contributed by atoms with E-state index in [9.17, 15) is 0 Å². The molecule has 0 bridgehead atoms. The molecule has 0 atom stereocenters. The number of ether oxygens (including phenoxy) is 5. The van der Waals surface area contributed by atoms with Crippen molar-refractivity contribution in [2.45, 2.75) is 33.8 Å². The highest BCUT2D eigenvalue weighted by molar-refractivity contribution is 6.19. The first-order valence-corrected chi connectivity index (χ1v) is 15.8. The van der Waals surface area contributed by atoms with Gasteiger partial charge in [-0.3, -0.25) is 0 Å². The summed E-state index contributed by atoms with van der Waals surface area (Å²) in [5.74, 6) is 1.88. The van der Waals surface area contributed by atoms with Crippen LogP contribution in [0.2, 0.25) is 0 Å². The van der Waals surface area contributed by atoms with Gasteiger partial charge < -0.3 is 23.7 Å². The fourth-order valence-corrected chi connectivity index (χ4v) is 7.57. The monoisotopic (exact) mass is 588 g/mol. The Morgan fingerprint density at radius 3 is 1.61 bits per heavy atom. The van der Waals surface area contributed by atoms with Crippen LogP contribution in [0.15, 0.2) is 78.9 Å². The predicted molar refractivity (Wildman–Crippen MR) is 176 cm³/mol. The lowest BCUT2D eigenvalue weighted by Crippen LogP contribution is -2.63. The van der Waals surface area contributed by atoms with Crippen molar-refractivity contribution in [3.8, 4) is 22.6 Å². The van der Waals surface area contributed by atoms with E-state index in [-0.39, 0.29) is 22.3 Å². The lowest BCUT2D eigenvalue weighted by Gasteiger charge is -2.54. The van der Waals surface area contributed by atoms with E-state index in [1.165, 1.54) is 16.5 Å². The number of fused-ring (bicyclic) bond motifs is 3. The number of hydrogen-bond donors (Lipinski definition) is 0. The van der Waals surface area contributed by atoms with Crippen LogP contribution in [0, 0.1) is 23.2 Å². The van der Waals surface area contributed by atoms with Gasteiger partial charge in [-0.25, -0.2) is 0 Å². The Balaban J connectivity index is 1.39. The standard InChI is InChI=1S/C39H40O5/c1-25-17-26-11-5-6-12-27(26)35(44-36(38(3)21-41-22-38)39(4)23-42-24-39)32(25)33-28-13-7-9-15-30(28)34(31-16-10-8-14-29(31)33)43-20-37(2)18-40-19-37/h5-17,36H,18-24H2,1-4H3.